The number of aromatic amines is 1. The molecule has 148 valence electrons. The minimum atomic E-state index is -1.00. The van der Waals surface area contributed by atoms with Gasteiger partial charge < -0.3 is 14.8 Å². The molecule has 3 heterocycles. The molecule has 0 aliphatic carbocycles. The molecule has 5 nitrogen and oxygen atoms in total. The van der Waals surface area contributed by atoms with Crippen LogP contribution in [0.1, 0.15) is 42.1 Å². The molecule has 1 aromatic heterocycles. The van der Waals surface area contributed by atoms with Crippen LogP contribution < -0.4 is 0 Å². The van der Waals surface area contributed by atoms with Gasteiger partial charge in [-0.25, -0.2) is 0 Å². The zero-order valence-electron chi connectivity index (χ0n) is 17.0. The number of hydrogen-bond donors (Lipinski definition) is 1. The van der Waals surface area contributed by atoms with E-state index in [0.29, 0.717) is 6.54 Å². The summed E-state index contributed by atoms with van der Waals surface area (Å²) >= 11 is 0. The molecule has 1 fully saturated rings. The van der Waals surface area contributed by atoms with Gasteiger partial charge in [0.15, 0.2) is 5.54 Å². The van der Waals surface area contributed by atoms with Crippen LogP contribution in [0, 0.1) is 0 Å². The topological polar surface area (TPSA) is 56.4 Å². The average Bonchev–Trinajstić information content (AvgIpc) is 3.13. The van der Waals surface area contributed by atoms with Gasteiger partial charge in [0.1, 0.15) is 0 Å². The number of H-pyrrole nitrogens is 1. The normalized spacial score (nSPS) is 24.0. The van der Waals surface area contributed by atoms with Crippen LogP contribution in [0.5, 0.6) is 0 Å². The minimum absolute atomic E-state index is 0.00548. The van der Waals surface area contributed by atoms with E-state index in [1.165, 1.54) is 11.1 Å². The summed E-state index contributed by atoms with van der Waals surface area (Å²) in [5.74, 6) is -0.0148. The van der Waals surface area contributed by atoms with Gasteiger partial charge in [-0.1, -0.05) is 49.4 Å². The van der Waals surface area contributed by atoms with Gasteiger partial charge in [-0.3, -0.25) is 9.59 Å². The van der Waals surface area contributed by atoms with E-state index in [2.05, 4.69) is 42.2 Å². The molecule has 0 bridgehead atoms. The highest BCUT2D eigenvalue weighted by molar-refractivity contribution is 6.01. The number of nitrogens with one attached hydrogen (secondary N) is 1. The molecule has 1 saturated heterocycles. The van der Waals surface area contributed by atoms with Gasteiger partial charge in [-0.15, -0.1) is 0 Å². The highest BCUT2D eigenvalue weighted by Crippen LogP contribution is 2.47. The molecule has 1 N–H and O–H groups in total. The van der Waals surface area contributed by atoms with E-state index in [1.807, 2.05) is 25.1 Å². The van der Waals surface area contributed by atoms with Crippen LogP contribution in [0.3, 0.4) is 0 Å². The molecule has 0 saturated carbocycles. The number of carbonyl (C=O) groups is 2. The van der Waals surface area contributed by atoms with Crippen molar-refractivity contribution in [3.05, 3.63) is 70.9 Å². The zero-order valence-corrected chi connectivity index (χ0v) is 17.0. The summed E-state index contributed by atoms with van der Waals surface area (Å²) in [5, 5.41) is 1.13. The van der Waals surface area contributed by atoms with E-state index < -0.39 is 5.54 Å². The number of aryl methyl sites for hydroxylation is 1. The Morgan fingerprint density at radius 3 is 2.55 bits per heavy atom. The van der Waals surface area contributed by atoms with Crippen molar-refractivity contribution in [2.45, 2.75) is 31.7 Å². The first kappa shape index (κ1) is 18.0. The van der Waals surface area contributed by atoms with Gasteiger partial charge >= 0.3 is 0 Å². The van der Waals surface area contributed by atoms with Gasteiger partial charge in [-0.05, 0) is 36.1 Å². The predicted molar refractivity (Wildman–Crippen MR) is 113 cm³/mol. The number of aromatic nitrogens is 1. The number of benzene rings is 2. The predicted octanol–water partition coefficient (Wildman–Crippen LogP) is 3.39. The summed E-state index contributed by atoms with van der Waals surface area (Å²) in [6.45, 7) is 4.67. The quantitative estimate of drug-likeness (QED) is 0.733. The van der Waals surface area contributed by atoms with Crippen LogP contribution in [0.4, 0.5) is 0 Å². The van der Waals surface area contributed by atoms with Crippen LogP contribution in [-0.2, 0) is 21.5 Å². The number of rotatable bonds is 2. The van der Waals surface area contributed by atoms with Crippen LogP contribution in [0.15, 0.2) is 48.5 Å². The Morgan fingerprint density at radius 1 is 1.10 bits per heavy atom. The Balaban J connectivity index is 1.77. The van der Waals surface area contributed by atoms with Crippen molar-refractivity contribution < 1.29 is 9.59 Å². The number of para-hydroxylation sites is 1. The van der Waals surface area contributed by atoms with Gasteiger partial charge in [0.2, 0.25) is 5.91 Å². The highest BCUT2D eigenvalue weighted by atomic mass is 16.2. The molecule has 3 aromatic rings. The molecule has 5 heteroatoms. The lowest BCUT2D eigenvalue weighted by molar-refractivity contribution is -0.164. The summed E-state index contributed by atoms with van der Waals surface area (Å²) in [4.78, 5) is 33.2. The van der Waals surface area contributed by atoms with E-state index in [1.54, 1.807) is 16.8 Å². The molecule has 1 unspecified atom stereocenters. The van der Waals surface area contributed by atoms with E-state index >= 15 is 0 Å². The third-order valence-corrected chi connectivity index (χ3v) is 6.71. The van der Waals surface area contributed by atoms with Crippen LogP contribution in [0.2, 0.25) is 0 Å². The zero-order chi connectivity index (χ0) is 20.3. The lowest BCUT2D eigenvalue weighted by atomic mass is 9.76. The Morgan fingerprint density at radius 2 is 1.83 bits per heavy atom. The third kappa shape index (κ3) is 2.40. The lowest BCUT2D eigenvalue weighted by Crippen LogP contribution is -2.66. The molecular weight excluding hydrogens is 362 g/mol. The fourth-order valence-electron chi connectivity index (χ4n) is 5.06. The fourth-order valence-corrected chi connectivity index (χ4v) is 5.06. The molecule has 5 rings (SSSR count). The number of fused-ring (bicyclic) bond motifs is 5. The minimum Gasteiger partial charge on any atom is -0.356 e. The number of amides is 2. The van der Waals surface area contributed by atoms with Gasteiger partial charge in [0.05, 0.1) is 12.2 Å². The first-order valence-electron chi connectivity index (χ1n) is 10.2. The number of hydrogen-bond acceptors (Lipinski definition) is 2. The summed E-state index contributed by atoms with van der Waals surface area (Å²) in [6, 6.07) is 16.8. The van der Waals surface area contributed by atoms with Gasteiger partial charge in [0.25, 0.3) is 5.91 Å². The Hall–Kier alpha value is -3.08. The number of nitrogens with zero attached hydrogens (tertiary/aromatic N) is 2. The summed E-state index contributed by atoms with van der Waals surface area (Å²) < 4.78 is 0. The molecule has 2 aromatic carbocycles. The second kappa shape index (κ2) is 6.21. The Bertz CT molecular complexity index is 1130. The Kier molecular flexibility index (Phi) is 3.85. The van der Waals surface area contributed by atoms with Crippen LogP contribution in [-0.4, -0.2) is 46.7 Å². The maximum Gasteiger partial charge on any atom is 0.254 e. The van der Waals surface area contributed by atoms with Crippen molar-refractivity contribution in [2.75, 3.05) is 20.1 Å². The lowest BCUT2D eigenvalue weighted by Gasteiger charge is -2.50. The summed E-state index contributed by atoms with van der Waals surface area (Å²) in [6.07, 6.45) is 0.993. The standard InChI is InChI=1S/C24H25N3O2/c1-4-15-9-11-16(12-10-15)18-13-27-20(28)14-26(3)23(29)24(27,2)22-21(18)17-7-5-6-8-19(17)25-22/h5-12,18,25H,4,13-14H2,1-3H3/t18?,24-/m0/s1. The van der Waals surface area contributed by atoms with Crippen molar-refractivity contribution >= 4 is 22.7 Å². The van der Waals surface area contributed by atoms with Crippen molar-refractivity contribution in [1.29, 1.82) is 0 Å². The van der Waals surface area contributed by atoms with Crippen LogP contribution >= 0.6 is 0 Å². The first-order chi connectivity index (χ1) is 13.9. The number of carbonyl (C=O) groups excluding carboxylic acids is 2. The molecule has 0 spiro atoms. The molecule has 2 amide bonds. The summed E-state index contributed by atoms with van der Waals surface area (Å²) in [5.41, 5.74) is 4.45. The molecular formula is C24H25N3O2. The van der Waals surface area contributed by atoms with Gasteiger partial charge in [-0.2, -0.15) is 0 Å². The maximum absolute atomic E-state index is 13.3. The molecule has 2 aliphatic rings. The maximum atomic E-state index is 13.3. The van der Waals surface area contributed by atoms with E-state index in [4.69, 9.17) is 0 Å². The average molecular weight is 387 g/mol. The Labute approximate surface area is 170 Å². The fraction of sp³-hybridized carbons (Fsp3) is 0.333. The van der Waals surface area contributed by atoms with Crippen molar-refractivity contribution in [1.82, 2.24) is 14.8 Å². The highest BCUT2D eigenvalue weighted by Gasteiger charge is 2.55. The molecule has 2 atom stereocenters. The number of piperazine rings is 1. The van der Waals surface area contributed by atoms with Crippen molar-refractivity contribution in [3.63, 3.8) is 0 Å². The van der Waals surface area contributed by atoms with E-state index in [0.717, 1.165) is 28.6 Å². The van der Waals surface area contributed by atoms with Crippen LogP contribution in [0.25, 0.3) is 10.9 Å². The van der Waals surface area contributed by atoms with Gasteiger partial charge in [0, 0.05) is 30.4 Å². The second-order valence-corrected chi connectivity index (χ2v) is 8.34. The summed E-state index contributed by atoms with van der Waals surface area (Å²) in [7, 11) is 1.71. The smallest absolute Gasteiger partial charge is 0.254 e. The monoisotopic (exact) mass is 387 g/mol. The van der Waals surface area contributed by atoms with Crippen molar-refractivity contribution in [2.24, 2.45) is 0 Å². The van der Waals surface area contributed by atoms with Crippen molar-refractivity contribution in [3.8, 4) is 0 Å². The molecule has 2 aliphatic heterocycles. The number of likely N-dealkylation sites (N-methyl/N-ethyl adjacent to an activating group) is 1. The largest absolute Gasteiger partial charge is 0.356 e. The molecule has 29 heavy (non-hydrogen) atoms. The van der Waals surface area contributed by atoms with E-state index in [-0.39, 0.29) is 24.3 Å². The molecule has 0 radical (unpaired) electrons. The SMILES string of the molecule is CCc1ccc(C2CN3C(=O)CN(C)C(=O)[C@]3(C)c3[nH]c4ccccc4c32)cc1. The first-order valence-corrected chi connectivity index (χ1v) is 10.2. The van der Waals surface area contributed by atoms with E-state index in [9.17, 15) is 9.59 Å². The second-order valence-electron chi connectivity index (χ2n) is 8.34. The third-order valence-electron chi connectivity index (χ3n) is 6.71.